The van der Waals surface area contributed by atoms with Crippen molar-refractivity contribution in [3.63, 3.8) is 0 Å². The smallest absolute Gasteiger partial charge is 0.208 e. The monoisotopic (exact) mass is 281 g/mol. The number of nitrogens with zero attached hydrogens (tertiary/aromatic N) is 2. The molecule has 2 N–H and O–H groups in total. The zero-order chi connectivity index (χ0) is 13.7. The Morgan fingerprint density at radius 2 is 2.21 bits per heavy atom. The highest BCUT2D eigenvalue weighted by Gasteiger charge is 2.14. The number of thioether (sulfide) groups is 1. The molecule has 2 aromatic rings. The number of nitrogens with one attached hydrogen (secondary N) is 1. The van der Waals surface area contributed by atoms with Gasteiger partial charge in [-0.2, -0.15) is 0 Å². The first-order chi connectivity index (χ1) is 9.20. The molecule has 0 radical (unpaired) electrons. The fraction of sp³-hybridized carbons (Fsp3) is 0.385. The molecular weight excluding hydrogens is 265 g/mol. The van der Waals surface area contributed by atoms with Gasteiger partial charge in [-0.15, -0.1) is 5.10 Å². The Morgan fingerprint density at radius 3 is 2.95 bits per heavy atom. The highest BCUT2D eigenvalue weighted by Crippen LogP contribution is 2.23. The molecular formula is C13H16FN3OS. The van der Waals surface area contributed by atoms with Gasteiger partial charge in [0.25, 0.3) is 0 Å². The van der Waals surface area contributed by atoms with Gasteiger partial charge >= 0.3 is 0 Å². The first-order valence-corrected chi connectivity index (χ1v) is 7.15. The van der Waals surface area contributed by atoms with E-state index < -0.39 is 11.9 Å². The number of aliphatic hydroxyl groups is 1. The quantitative estimate of drug-likeness (QED) is 0.799. The minimum absolute atomic E-state index is 0.305. The average Bonchev–Trinajstić information content (AvgIpc) is 2.85. The lowest BCUT2D eigenvalue weighted by molar-refractivity contribution is 0.199. The summed E-state index contributed by atoms with van der Waals surface area (Å²) in [5, 5.41) is 17.4. The molecule has 1 atom stereocenters. The van der Waals surface area contributed by atoms with Crippen molar-refractivity contribution >= 4 is 11.8 Å². The third kappa shape index (κ3) is 3.78. The van der Waals surface area contributed by atoms with Crippen LogP contribution in [0.3, 0.4) is 0 Å². The van der Waals surface area contributed by atoms with Gasteiger partial charge in [-0.3, -0.25) is 5.10 Å². The van der Waals surface area contributed by atoms with Gasteiger partial charge in [0.2, 0.25) is 5.16 Å². The highest BCUT2D eigenvalue weighted by atomic mass is 32.2. The van der Waals surface area contributed by atoms with Crippen LogP contribution in [0, 0.1) is 5.82 Å². The second kappa shape index (κ2) is 6.68. The summed E-state index contributed by atoms with van der Waals surface area (Å²) in [4.78, 5) is 4.28. The molecule has 0 amide bonds. The molecule has 0 saturated heterocycles. The highest BCUT2D eigenvalue weighted by molar-refractivity contribution is 7.99. The minimum atomic E-state index is -0.862. The van der Waals surface area contributed by atoms with Crippen molar-refractivity contribution in [1.29, 1.82) is 0 Å². The standard InChI is InChI=1S/C13H16FN3OS/c1-2-5-12-15-13(17-16-12)19-8-11(18)9-6-3-4-7-10(9)14/h3-4,6-7,11,18H,2,5,8H2,1H3,(H,15,16,17). The minimum Gasteiger partial charge on any atom is -0.387 e. The summed E-state index contributed by atoms with van der Waals surface area (Å²) < 4.78 is 13.5. The van der Waals surface area contributed by atoms with E-state index in [1.807, 2.05) is 0 Å². The van der Waals surface area contributed by atoms with Crippen LogP contribution in [0.4, 0.5) is 4.39 Å². The van der Waals surface area contributed by atoms with Crippen molar-refractivity contribution in [3.05, 3.63) is 41.5 Å². The number of H-pyrrole nitrogens is 1. The summed E-state index contributed by atoms with van der Waals surface area (Å²) in [7, 11) is 0. The molecule has 1 aromatic heterocycles. The van der Waals surface area contributed by atoms with Crippen LogP contribution in [-0.2, 0) is 6.42 Å². The van der Waals surface area contributed by atoms with Gasteiger partial charge in [0.15, 0.2) is 0 Å². The summed E-state index contributed by atoms with van der Waals surface area (Å²) in [6.07, 6.45) is 0.986. The largest absolute Gasteiger partial charge is 0.387 e. The molecule has 102 valence electrons. The number of halogens is 1. The van der Waals surface area contributed by atoms with E-state index in [0.717, 1.165) is 18.7 Å². The predicted octanol–water partition coefficient (Wildman–Crippen LogP) is 2.72. The Bertz CT molecular complexity index is 532. The van der Waals surface area contributed by atoms with E-state index in [2.05, 4.69) is 22.1 Å². The molecule has 2 rings (SSSR count). The summed E-state index contributed by atoms with van der Waals surface area (Å²) >= 11 is 1.31. The number of benzene rings is 1. The van der Waals surface area contributed by atoms with Gasteiger partial charge in [-0.25, -0.2) is 9.37 Å². The lowest BCUT2D eigenvalue weighted by Crippen LogP contribution is -2.03. The van der Waals surface area contributed by atoms with Gasteiger partial charge in [0, 0.05) is 17.7 Å². The van der Waals surface area contributed by atoms with Gasteiger partial charge in [0.1, 0.15) is 11.6 Å². The van der Waals surface area contributed by atoms with Crippen molar-refractivity contribution in [2.45, 2.75) is 31.0 Å². The lowest BCUT2D eigenvalue weighted by Gasteiger charge is -2.09. The second-order valence-corrected chi connectivity index (χ2v) is 5.15. The molecule has 0 spiro atoms. The van der Waals surface area contributed by atoms with E-state index in [9.17, 15) is 9.50 Å². The number of hydrogen-bond acceptors (Lipinski definition) is 4. The molecule has 0 bridgehead atoms. The fourth-order valence-electron chi connectivity index (χ4n) is 1.68. The third-order valence-corrected chi connectivity index (χ3v) is 3.56. The van der Waals surface area contributed by atoms with Crippen LogP contribution < -0.4 is 0 Å². The average molecular weight is 281 g/mol. The van der Waals surface area contributed by atoms with Crippen LogP contribution in [0.15, 0.2) is 29.4 Å². The maximum absolute atomic E-state index is 13.5. The maximum atomic E-state index is 13.5. The molecule has 1 unspecified atom stereocenters. The van der Waals surface area contributed by atoms with Gasteiger partial charge in [0.05, 0.1) is 6.10 Å². The number of aliphatic hydroxyl groups excluding tert-OH is 1. The number of aryl methyl sites for hydroxylation is 1. The maximum Gasteiger partial charge on any atom is 0.208 e. The Balaban J connectivity index is 1.92. The van der Waals surface area contributed by atoms with Gasteiger partial charge in [-0.1, -0.05) is 36.9 Å². The Morgan fingerprint density at radius 1 is 1.42 bits per heavy atom. The molecule has 0 fully saturated rings. The number of aromatic nitrogens is 3. The van der Waals surface area contributed by atoms with E-state index in [1.165, 1.54) is 17.8 Å². The van der Waals surface area contributed by atoms with Crippen LogP contribution in [0.2, 0.25) is 0 Å². The molecule has 0 saturated carbocycles. The van der Waals surface area contributed by atoms with Gasteiger partial charge < -0.3 is 5.11 Å². The van der Waals surface area contributed by atoms with Crippen molar-refractivity contribution in [2.75, 3.05) is 5.75 Å². The first kappa shape index (κ1) is 14.0. The van der Waals surface area contributed by atoms with E-state index in [4.69, 9.17) is 0 Å². The van der Waals surface area contributed by atoms with Crippen LogP contribution in [-0.4, -0.2) is 26.0 Å². The van der Waals surface area contributed by atoms with Crippen LogP contribution >= 0.6 is 11.8 Å². The molecule has 6 heteroatoms. The third-order valence-electron chi connectivity index (χ3n) is 2.63. The van der Waals surface area contributed by atoms with Crippen molar-refractivity contribution in [2.24, 2.45) is 0 Å². The second-order valence-electron chi connectivity index (χ2n) is 4.16. The molecule has 0 aliphatic rings. The van der Waals surface area contributed by atoms with Crippen molar-refractivity contribution < 1.29 is 9.50 Å². The topological polar surface area (TPSA) is 61.8 Å². The Hall–Kier alpha value is -1.40. The van der Waals surface area contributed by atoms with E-state index in [1.54, 1.807) is 18.2 Å². The van der Waals surface area contributed by atoms with Crippen LogP contribution in [0.1, 0.15) is 30.8 Å². The zero-order valence-electron chi connectivity index (χ0n) is 10.6. The summed E-state index contributed by atoms with van der Waals surface area (Å²) in [6.45, 7) is 2.07. The van der Waals surface area contributed by atoms with E-state index in [-0.39, 0.29) is 0 Å². The summed E-state index contributed by atoms with van der Waals surface area (Å²) in [5.74, 6) is 0.771. The van der Waals surface area contributed by atoms with Crippen molar-refractivity contribution in [1.82, 2.24) is 15.2 Å². The number of aromatic amines is 1. The first-order valence-electron chi connectivity index (χ1n) is 6.17. The van der Waals surface area contributed by atoms with Crippen molar-refractivity contribution in [3.8, 4) is 0 Å². The number of rotatable bonds is 6. The Labute approximate surface area is 115 Å². The fourth-order valence-corrected chi connectivity index (χ4v) is 2.45. The lowest BCUT2D eigenvalue weighted by atomic mass is 10.1. The summed E-state index contributed by atoms with van der Waals surface area (Å²) in [5.41, 5.74) is 0.305. The SMILES string of the molecule is CCCc1nc(SCC(O)c2ccccc2F)n[nH]1. The number of hydrogen-bond donors (Lipinski definition) is 2. The van der Waals surface area contributed by atoms with Crippen LogP contribution in [0.5, 0.6) is 0 Å². The zero-order valence-corrected chi connectivity index (χ0v) is 11.5. The normalized spacial score (nSPS) is 12.6. The predicted molar refractivity (Wildman–Crippen MR) is 72.5 cm³/mol. The molecule has 1 aromatic carbocycles. The molecule has 4 nitrogen and oxygen atoms in total. The van der Waals surface area contributed by atoms with E-state index >= 15 is 0 Å². The summed E-state index contributed by atoms with van der Waals surface area (Å²) in [6, 6.07) is 6.24. The van der Waals surface area contributed by atoms with E-state index in [0.29, 0.717) is 16.5 Å². The molecule has 0 aliphatic heterocycles. The Kier molecular flexibility index (Phi) is 4.93. The van der Waals surface area contributed by atoms with Gasteiger partial charge in [-0.05, 0) is 12.5 Å². The molecule has 0 aliphatic carbocycles. The molecule has 19 heavy (non-hydrogen) atoms. The van der Waals surface area contributed by atoms with Crippen LogP contribution in [0.25, 0.3) is 0 Å². The molecule has 1 heterocycles.